The van der Waals surface area contributed by atoms with Gasteiger partial charge in [0.2, 0.25) is 5.91 Å². The number of carbonyl (C=O) groups is 1. The highest BCUT2D eigenvalue weighted by Gasteiger charge is 2.16. The molecule has 1 aromatic carbocycles. The van der Waals surface area contributed by atoms with Crippen molar-refractivity contribution in [1.29, 1.82) is 0 Å². The summed E-state index contributed by atoms with van der Waals surface area (Å²) in [6.45, 7) is 0.334. The normalized spacial score (nSPS) is 10.2. The minimum Gasteiger partial charge on any atom is -0.372 e. The Morgan fingerprint density at radius 2 is 2.30 bits per heavy atom. The molecule has 104 valence electrons. The van der Waals surface area contributed by atoms with Gasteiger partial charge in [-0.3, -0.25) is 14.9 Å². The first-order chi connectivity index (χ1) is 9.49. The number of anilines is 1. The van der Waals surface area contributed by atoms with Crippen molar-refractivity contribution in [2.75, 3.05) is 5.32 Å². The molecule has 0 aliphatic heterocycles. The maximum Gasteiger partial charge on any atom is 0.293 e. The van der Waals surface area contributed by atoms with Crippen LogP contribution in [0.4, 0.5) is 11.4 Å². The Bertz CT molecular complexity index is 665. The number of aromatic nitrogens is 2. The lowest BCUT2D eigenvalue weighted by Crippen LogP contribution is -2.12. The molecule has 2 rings (SSSR count). The van der Waals surface area contributed by atoms with Crippen molar-refractivity contribution in [3.8, 4) is 0 Å². The van der Waals surface area contributed by atoms with Crippen LogP contribution < -0.4 is 11.1 Å². The van der Waals surface area contributed by atoms with Crippen LogP contribution in [0, 0.1) is 10.1 Å². The fraction of sp³-hybridized carbons (Fsp3) is 0.167. The predicted molar refractivity (Wildman–Crippen MR) is 72.1 cm³/mol. The Morgan fingerprint density at radius 1 is 1.55 bits per heavy atom. The maximum atomic E-state index is 11.0. The molecule has 0 radical (unpaired) electrons. The number of nitro benzene ring substituents is 1. The van der Waals surface area contributed by atoms with E-state index in [2.05, 4.69) is 10.3 Å². The Hall–Kier alpha value is -2.90. The van der Waals surface area contributed by atoms with Gasteiger partial charge in [0, 0.05) is 31.1 Å². The van der Waals surface area contributed by atoms with Crippen molar-refractivity contribution in [3.05, 3.63) is 52.1 Å². The van der Waals surface area contributed by atoms with Crippen LogP contribution in [0.25, 0.3) is 0 Å². The van der Waals surface area contributed by atoms with Crippen molar-refractivity contribution >= 4 is 17.3 Å². The van der Waals surface area contributed by atoms with Gasteiger partial charge in [0.1, 0.15) is 11.5 Å². The number of rotatable bonds is 5. The number of amides is 1. The highest BCUT2D eigenvalue weighted by molar-refractivity contribution is 5.94. The Morgan fingerprint density at radius 3 is 2.85 bits per heavy atom. The van der Waals surface area contributed by atoms with Crippen molar-refractivity contribution in [1.82, 2.24) is 9.55 Å². The summed E-state index contributed by atoms with van der Waals surface area (Å²) in [5, 5.41) is 13.9. The number of nitrogens with two attached hydrogens (primary N) is 1. The summed E-state index contributed by atoms with van der Waals surface area (Å²) >= 11 is 0. The molecule has 0 saturated heterocycles. The lowest BCUT2D eigenvalue weighted by molar-refractivity contribution is -0.384. The number of aryl methyl sites for hydroxylation is 1. The van der Waals surface area contributed by atoms with E-state index in [-0.39, 0.29) is 11.3 Å². The van der Waals surface area contributed by atoms with Gasteiger partial charge in [-0.1, -0.05) is 0 Å². The standard InChI is InChI=1S/C12H13N5O3/c1-16-5-4-14-11(16)7-15-9-3-2-8(12(13)18)6-10(9)17(19)20/h2-6,15H,7H2,1H3,(H2,13,18). The average molecular weight is 275 g/mol. The first-order valence-electron chi connectivity index (χ1n) is 5.77. The number of nitrogens with one attached hydrogen (secondary N) is 1. The second kappa shape index (κ2) is 5.39. The first-order valence-corrected chi connectivity index (χ1v) is 5.77. The summed E-state index contributed by atoms with van der Waals surface area (Å²) < 4.78 is 1.80. The number of hydrogen-bond donors (Lipinski definition) is 2. The largest absolute Gasteiger partial charge is 0.372 e. The molecule has 0 fully saturated rings. The van der Waals surface area contributed by atoms with Crippen LogP contribution >= 0.6 is 0 Å². The van der Waals surface area contributed by atoms with E-state index in [0.29, 0.717) is 12.2 Å². The van der Waals surface area contributed by atoms with E-state index in [9.17, 15) is 14.9 Å². The predicted octanol–water partition coefficient (Wildman–Crippen LogP) is 1.04. The number of nitro groups is 1. The minimum absolute atomic E-state index is 0.0965. The van der Waals surface area contributed by atoms with Gasteiger partial charge in [0.25, 0.3) is 5.69 Å². The average Bonchev–Trinajstić information content (AvgIpc) is 2.81. The van der Waals surface area contributed by atoms with Gasteiger partial charge < -0.3 is 15.6 Å². The van der Waals surface area contributed by atoms with E-state index in [1.54, 1.807) is 17.0 Å². The molecule has 0 saturated carbocycles. The molecule has 1 amide bonds. The third-order valence-electron chi connectivity index (χ3n) is 2.84. The number of imidazole rings is 1. The van der Waals surface area contributed by atoms with Crippen molar-refractivity contribution in [2.45, 2.75) is 6.54 Å². The third-order valence-corrected chi connectivity index (χ3v) is 2.84. The van der Waals surface area contributed by atoms with Crippen LogP contribution in [0.2, 0.25) is 0 Å². The van der Waals surface area contributed by atoms with Gasteiger partial charge in [-0.2, -0.15) is 0 Å². The van der Waals surface area contributed by atoms with E-state index >= 15 is 0 Å². The molecule has 0 unspecified atom stereocenters. The SMILES string of the molecule is Cn1ccnc1CNc1ccc(C(N)=O)cc1[N+](=O)[O-]. The third kappa shape index (κ3) is 2.74. The van der Waals surface area contributed by atoms with Gasteiger partial charge in [0.05, 0.1) is 11.5 Å². The molecule has 20 heavy (non-hydrogen) atoms. The van der Waals surface area contributed by atoms with Gasteiger partial charge in [-0.05, 0) is 12.1 Å². The molecule has 1 aromatic heterocycles. The van der Waals surface area contributed by atoms with Crippen LogP contribution in [0.3, 0.4) is 0 Å². The smallest absolute Gasteiger partial charge is 0.293 e. The topological polar surface area (TPSA) is 116 Å². The van der Waals surface area contributed by atoms with Crippen LogP contribution in [0.5, 0.6) is 0 Å². The number of nitrogens with zero attached hydrogens (tertiary/aromatic N) is 3. The summed E-state index contributed by atoms with van der Waals surface area (Å²) in [5.41, 5.74) is 5.31. The van der Waals surface area contributed by atoms with Gasteiger partial charge >= 0.3 is 0 Å². The van der Waals surface area contributed by atoms with Crippen molar-refractivity contribution < 1.29 is 9.72 Å². The molecule has 8 heteroatoms. The molecule has 8 nitrogen and oxygen atoms in total. The number of benzene rings is 1. The van der Waals surface area contributed by atoms with E-state index in [1.165, 1.54) is 12.1 Å². The van der Waals surface area contributed by atoms with Crippen LogP contribution in [0.1, 0.15) is 16.2 Å². The first kappa shape index (κ1) is 13.5. The fourth-order valence-electron chi connectivity index (χ4n) is 1.73. The van der Waals surface area contributed by atoms with Gasteiger partial charge in [-0.25, -0.2) is 4.98 Å². The summed E-state index contributed by atoms with van der Waals surface area (Å²) in [6, 6.07) is 4.06. The summed E-state index contributed by atoms with van der Waals surface area (Å²) in [5.74, 6) is 0.0297. The fourth-order valence-corrected chi connectivity index (χ4v) is 1.73. The lowest BCUT2D eigenvalue weighted by atomic mass is 10.1. The van der Waals surface area contributed by atoms with E-state index in [4.69, 9.17) is 5.73 Å². The molecule has 0 atom stereocenters. The zero-order chi connectivity index (χ0) is 14.7. The van der Waals surface area contributed by atoms with E-state index < -0.39 is 10.8 Å². The second-order valence-electron chi connectivity index (χ2n) is 4.16. The van der Waals surface area contributed by atoms with Crippen LogP contribution in [0.15, 0.2) is 30.6 Å². The summed E-state index contributed by atoms with van der Waals surface area (Å²) in [4.78, 5) is 25.6. The molecule has 2 aromatic rings. The molecule has 0 spiro atoms. The second-order valence-corrected chi connectivity index (χ2v) is 4.16. The maximum absolute atomic E-state index is 11.0. The number of primary amides is 1. The zero-order valence-corrected chi connectivity index (χ0v) is 10.7. The molecular formula is C12H13N5O3. The van der Waals surface area contributed by atoms with E-state index in [1.807, 2.05) is 7.05 Å². The molecular weight excluding hydrogens is 262 g/mol. The summed E-state index contributed by atoms with van der Waals surface area (Å²) in [7, 11) is 1.83. The molecule has 0 aliphatic rings. The molecule has 1 heterocycles. The van der Waals surface area contributed by atoms with E-state index in [0.717, 1.165) is 11.9 Å². The molecule has 0 bridgehead atoms. The highest BCUT2D eigenvalue weighted by Crippen LogP contribution is 2.25. The van der Waals surface area contributed by atoms with Gasteiger partial charge in [-0.15, -0.1) is 0 Å². The van der Waals surface area contributed by atoms with Crippen LogP contribution in [-0.4, -0.2) is 20.4 Å². The Balaban J connectivity index is 2.25. The van der Waals surface area contributed by atoms with Crippen molar-refractivity contribution in [3.63, 3.8) is 0 Å². The van der Waals surface area contributed by atoms with Crippen LogP contribution in [-0.2, 0) is 13.6 Å². The highest BCUT2D eigenvalue weighted by atomic mass is 16.6. The number of hydrogen-bond acceptors (Lipinski definition) is 5. The Labute approximate surface area is 114 Å². The summed E-state index contributed by atoms with van der Waals surface area (Å²) in [6.07, 6.45) is 3.42. The van der Waals surface area contributed by atoms with Crippen molar-refractivity contribution in [2.24, 2.45) is 12.8 Å². The lowest BCUT2D eigenvalue weighted by Gasteiger charge is -2.08. The minimum atomic E-state index is -0.705. The molecule has 3 N–H and O–H groups in total. The zero-order valence-electron chi connectivity index (χ0n) is 10.7. The molecule has 0 aliphatic carbocycles. The quantitative estimate of drug-likeness (QED) is 0.624. The Kier molecular flexibility index (Phi) is 3.65. The van der Waals surface area contributed by atoms with Gasteiger partial charge in [0.15, 0.2) is 0 Å². The number of carbonyl (C=O) groups excluding carboxylic acids is 1. The monoisotopic (exact) mass is 275 g/mol.